The van der Waals surface area contributed by atoms with Crippen LogP contribution in [0.25, 0.3) is 0 Å². The molecule has 5 N–H and O–H groups in total. The largest absolute Gasteiger partial charge is 0.507 e. The first-order chi connectivity index (χ1) is 17.3. The Hall–Kier alpha value is -3.89. The molecule has 0 radical (unpaired) electrons. The Balaban J connectivity index is 1.95. The molecule has 0 spiro atoms. The molecule has 1 heterocycles. The fourth-order valence-electron chi connectivity index (χ4n) is 3.60. The molecule has 204 valence electrons. The first-order valence-electron chi connectivity index (χ1n) is 12.1. The van der Waals surface area contributed by atoms with E-state index in [0.29, 0.717) is 47.2 Å². The summed E-state index contributed by atoms with van der Waals surface area (Å²) in [4.78, 5) is 42.3. The van der Waals surface area contributed by atoms with Crippen molar-refractivity contribution >= 4 is 18.0 Å². The molecule has 0 saturated carbocycles. The Kier molecular flexibility index (Phi) is 10.2. The van der Waals surface area contributed by atoms with E-state index >= 15 is 0 Å². The number of hydrogen-bond acceptors (Lipinski definition) is 8. The van der Waals surface area contributed by atoms with Crippen LogP contribution < -0.4 is 15.5 Å². The molecule has 0 fully saturated rings. The van der Waals surface area contributed by atoms with Gasteiger partial charge in [0.05, 0.1) is 0 Å². The van der Waals surface area contributed by atoms with Gasteiger partial charge in [0.15, 0.2) is 0 Å². The standard InChI is InChI=1S/C26H37N3O8/c1-16-13-18(14-17(2)23(16)33)15-19(24(34)37-29-21(31)10-11-22(29)32)28-20(30)9-7-6-8-12-27-25(35)36-26(3,4)5/h10-11,13-14,19,31-33H,6-9,12,15H2,1-5H3,(H,27,35)(H,28,30). The van der Waals surface area contributed by atoms with Crippen LogP contribution in [0, 0.1) is 13.8 Å². The molecule has 0 aliphatic carbocycles. The summed E-state index contributed by atoms with van der Waals surface area (Å²) in [5.41, 5.74) is 1.35. The van der Waals surface area contributed by atoms with E-state index in [1.165, 1.54) is 0 Å². The molecule has 0 saturated heterocycles. The molecular weight excluding hydrogens is 482 g/mol. The Morgan fingerprint density at radius 1 is 0.973 bits per heavy atom. The Morgan fingerprint density at radius 3 is 2.14 bits per heavy atom. The summed E-state index contributed by atoms with van der Waals surface area (Å²) in [5.74, 6) is -2.08. The topological polar surface area (TPSA) is 159 Å². The van der Waals surface area contributed by atoms with E-state index in [2.05, 4.69) is 10.6 Å². The lowest BCUT2D eigenvalue weighted by Crippen LogP contribution is -2.46. The molecule has 1 aromatic heterocycles. The number of phenols is 1. The number of unbranched alkanes of at least 4 members (excludes halogenated alkanes) is 2. The normalized spacial score (nSPS) is 12.0. The highest BCUT2D eigenvalue weighted by Crippen LogP contribution is 2.24. The number of rotatable bonds is 11. The Bertz CT molecular complexity index is 1060. The smallest absolute Gasteiger partial charge is 0.407 e. The van der Waals surface area contributed by atoms with E-state index in [1.807, 2.05) is 0 Å². The van der Waals surface area contributed by atoms with Crippen molar-refractivity contribution in [3.63, 3.8) is 0 Å². The number of aryl methyl sites for hydroxylation is 2. The quantitative estimate of drug-likeness (QED) is 0.283. The minimum Gasteiger partial charge on any atom is -0.507 e. The van der Waals surface area contributed by atoms with E-state index in [4.69, 9.17) is 9.57 Å². The van der Waals surface area contributed by atoms with Crippen molar-refractivity contribution in [2.75, 3.05) is 6.54 Å². The second kappa shape index (κ2) is 12.9. The van der Waals surface area contributed by atoms with E-state index in [9.17, 15) is 29.7 Å². The van der Waals surface area contributed by atoms with E-state index in [-0.39, 0.29) is 24.5 Å². The third-order valence-electron chi connectivity index (χ3n) is 5.34. The number of aromatic nitrogens is 1. The highest BCUT2D eigenvalue weighted by molar-refractivity contribution is 5.85. The molecule has 0 aliphatic rings. The predicted molar refractivity (Wildman–Crippen MR) is 135 cm³/mol. The van der Waals surface area contributed by atoms with Gasteiger partial charge in [0, 0.05) is 31.5 Å². The van der Waals surface area contributed by atoms with Gasteiger partial charge in [0.25, 0.3) is 0 Å². The van der Waals surface area contributed by atoms with Crippen molar-refractivity contribution in [1.82, 2.24) is 15.4 Å². The molecule has 1 unspecified atom stereocenters. The average molecular weight is 520 g/mol. The zero-order chi connectivity index (χ0) is 27.8. The second-order valence-corrected chi connectivity index (χ2v) is 9.90. The molecule has 2 rings (SSSR count). The predicted octanol–water partition coefficient (Wildman–Crippen LogP) is 2.99. The van der Waals surface area contributed by atoms with Gasteiger partial charge in [-0.2, -0.15) is 0 Å². The number of alkyl carbamates (subject to hydrolysis) is 1. The van der Waals surface area contributed by atoms with Gasteiger partial charge in [0.1, 0.15) is 17.4 Å². The van der Waals surface area contributed by atoms with E-state index in [1.54, 1.807) is 46.8 Å². The number of benzene rings is 1. The highest BCUT2D eigenvalue weighted by Gasteiger charge is 2.26. The molecule has 37 heavy (non-hydrogen) atoms. The number of nitrogens with zero attached hydrogens (tertiary/aromatic N) is 1. The lowest BCUT2D eigenvalue weighted by molar-refractivity contribution is -0.149. The number of ether oxygens (including phenoxy) is 1. The number of phenolic OH excluding ortho intramolecular Hbond substituents is 1. The maximum absolute atomic E-state index is 12.9. The molecule has 1 aromatic carbocycles. The fraction of sp³-hybridized carbons (Fsp3) is 0.500. The van der Waals surface area contributed by atoms with E-state index in [0.717, 1.165) is 12.1 Å². The van der Waals surface area contributed by atoms with Crippen molar-refractivity contribution in [3.05, 3.63) is 41.0 Å². The monoisotopic (exact) mass is 519 g/mol. The van der Waals surface area contributed by atoms with Gasteiger partial charge < -0.3 is 35.5 Å². The van der Waals surface area contributed by atoms with Gasteiger partial charge in [-0.25, -0.2) is 9.59 Å². The summed E-state index contributed by atoms with van der Waals surface area (Å²) >= 11 is 0. The van der Waals surface area contributed by atoms with Crippen LogP contribution in [0.3, 0.4) is 0 Å². The van der Waals surface area contributed by atoms with Crippen LogP contribution in [0.1, 0.15) is 63.1 Å². The number of hydrogen-bond donors (Lipinski definition) is 5. The third-order valence-corrected chi connectivity index (χ3v) is 5.34. The third kappa shape index (κ3) is 9.59. The minimum absolute atomic E-state index is 0.0646. The molecule has 1 atom stereocenters. The van der Waals surface area contributed by atoms with Crippen molar-refractivity contribution in [3.8, 4) is 17.5 Å². The minimum atomic E-state index is -1.12. The first-order valence-corrected chi connectivity index (χ1v) is 12.1. The van der Waals surface area contributed by atoms with Crippen LogP contribution in [-0.4, -0.2) is 56.2 Å². The van der Waals surface area contributed by atoms with Gasteiger partial charge in [-0.15, -0.1) is 4.73 Å². The zero-order valence-electron chi connectivity index (χ0n) is 22.0. The maximum atomic E-state index is 12.9. The zero-order valence-corrected chi connectivity index (χ0v) is 22.0. The summed E-state index contributed by atoms with van der Waals surface area (Å²) in [7, 11) is 0. The second-order valence-electron chi connectivity index (χ2n) is 9.90. The van der Waals surface area contributed by atoms with Crippen molar-refractivity contribution in [2.45, 2.75) is 78.4 Å². The Morgan fingerprint density at radius 2 is 1.57 bits per heavy atom. The fourth-order valence-corrected chi connectivity index (χ4v) is 3.60. The molecular formula is C26H37N3O8. The molecule has 11 heteroatoms. The molecule has 2 aromatic rings. The van der Waals surface area contributed by atoms with Crippen molar-refractivity contribution < 1.29 is 39.3 Å². The molecule has 2 amide bonds. The van der Waals surface area contributed by atoms with Crippen LogP contribution >= 0.6 is 0 Å². The maximum Gasteiger partial charge on any atom is 0.407 e. The summed E-state index contributed by atoms with van der Waals surface area (Å²) < 4.78 is 5.73. The Labute approximate surface area is 216 Å². The van der Waals surface area contributed by atoms with Crippen LogP contribution in [0.5, 0.6) is 17.5 Å². The van der Waals surface area contributed by atoms with Gasteiger partial charge in [-0.1, -0.05) is 18.6 Å². The lowest BCUT2D eigenvalue weighted by Gasteiger charge is -2.19. The summed E-state index contributed by atoms with van der Waals surface area (Å²) in [6.07, 6.45) is 1.56. The molecule has 0 bridgehead atoms. The highest BCUT2D eigenvalue weighted by atomic mass is 16.7. The van der Waals surface area contributed by atoms with Gasteiger partial charge in [-0.05, 0) is 64.2 Å². The van der Waals surface area contributed by atoms with Gasteiger partial charge in [0.2, 0.25) is 17.7 Å². The SMILES string of the molecule is Cc1cc(CC(NC(=O)CCCCCNC(=O)OC(C)(C)C)C(=O)On2c(O)ccc2O)cc(C)c1O. The summed E-state index contributed by atoms with van der Waals surface area (Å²) in [5, 5.41) is 34.9. The summed E-state index contributed by atoms with van der Waals surface area (Å²) in [6, 6.07) is 4.60. The summed E-state index contributed by atoms with van der Waals surface area (Å²) in [6.45, 7) is 9.21. The molecule has 11 nitrogen and oxygen atoms in total. The number of nitrogens with one attached hydrogen (secondary N) is 2. The van der Waals surface area contributed by atoms with Gasteiger partial charge in [-0.3, -0.25) is 4.79 Å². The number of carbonyl (C=O) groups excluding carboxylic acids is 3. The average Bonchev–Trinajstić information content (AvgIpc) is 3.10. The lowest BCUT2D eigenvalue weighted by atomic mass is 10.00. The number of aromatic hydroxyl groups is 3. The van der Waals surface area contributed by atoms with Crippen LogP contribution in [0.4, 0.5) is 4.79 Å². The molecule has 0 aliphatic heterocycles. The van der Waals surface area contributed by atoms with Crippen LogP contribution in [0.2, 0.25) is 0 Å². The van der Waals surface area contributed by atoms with Crippen molar-refractivity contribution in [2.24, 2.45) is 0 Å². The van der Waals surface area contributed by atoms with Crippen LogP contribution in [0.15, 0.2) is 24.3 Å². The number of carbonyl (C=O) groups is 3. The van der Waals surface area contributed by atoms with Crippen LogP contribution in [-0.2, 0) is 20.7 Å². The van der Waals surface area contributed by atoms with Gasteiger partial charge >= 0.3 is 12.1 Å². The van der Waals surface area contributed by atoms with Crippen molar-refractivity contribution in [1.29, 1.82) is 0 Å². The first kappa shape index (κ1) is 29.3. The van der Waals surface area contributed by atoms with E-state index < -0.39 is 35.5 Å². The number of amides is 2.